The number of anilines is 1. The molecule has 2 rings (SSSR count). The molecule has 20 heavy (non-hydrogen) atoms. The van der Waals surface area contributed by atoms with Gasteiger partial charge in [0.25, 0.3) is 0 Å². The summed E-state index contributed by atoms with van der Waals surface area (Å²) in [5.41, 5.74) is 0.785. The standard InChI is InChI=1S/C14H23N3O2S/c1-3-19-13(18)8-11-10-20-14(16-11)15-9-12-6-4-5-7-17(12)2/h10,12H,3-9H2,1-2H3,(H,15,16). The summed E-state index contributed by atoms with van der Waals surface area (Å²) in [6.45, 7) is 4.33. The van der Waals surface area contributed by atoms with E-state index in [0.29, 0.717) is 12.6 Å². The Bertz CT molecular complexity index is 436. The first kappa shape index (κ1) is 15.3. The number of likely N-dealkylation sites (tertiary alicyclic amines) is 1. The molecule has 1 saturated heterocycles. The monoisotopic (exact) mass is 297 g/mol. The molecule has 0 spiro atoms. The van der Waals surface area contributed by atoms with E-state index in [1.165, 1.54) is 25.8 Å². The van der Waals surface area contributed by atoms with Crippen LogP contribution in [0.15, 0.2) is 5.38 Å². The molecular weight excluding hydrogens is 274 g/mol. The second kappa shape index (κ2) is 7.59. The lowest BCUT2D eigenvalue weighted by atomic mass is 10.0. The van der Waals surface area contributed by atoms with Gasteiger partial charge in [-0.05, 0) is 33.4 Å². The van der Waals surface area contributed by atoms with E-state index in [4.69, 9.17) is 4.74 Å². The predicted molar refractivity (Wildman–Crippen MR) is 81.2 cm³/mol. The van der Waals surface area contributed by atoms with Gasteiger partial charge in [0.05, 0.1) is 18.7 Å². The van der Waals surface area contributed by atoms with Crippen LogP contribution in [0.4, 0.5) is 5.13 Å². The minimum absolute atomic E-state index is 0.212. The third-order valence-corrected chi connectivity index (χ3v) is 4.44. The lowest BCUT2D eigenvalue weighted by molar-refractivity contribution is -0.142. The summed E-state index contributed by atoms with van der Waals surface area (Å²) in [5.74, 6) is -0.212. The zero-order valence-electron chi connectivity index (χ0n) is 12.2. The van der Waals surface area contributed by atoms with Crippen molar-refractivity contribution in [2.24, 2.45) is 0 Å². The number of esters is 1. The van der Waals surface area contributed by atoms with Crippen molar-refractivity contribution < 1.29 is 9.53 Å². The topological polar surface area (TPSA) is 54.5 Å². The number of nitrogens with one attached hydrogen (secondary N) is 1. The average Bonchev–Trinajstić information content (AvgIpc) is 2.85. The molecule has 2 heterocycles. The van der Waals surface area contributed by atoms with Gasteiger partial charge in [-0.2, -0.15) is 0 Å². The summed E-state index contributed by atoms with van der Waals surface area (Å²) in [7, 11) is 2.18. The van der Waals surface area contributed by atoms with Gasteiger partial charge in [0.1, 0.15) is 0 Å². The number of carbonyl (C=O) groups is 1. The number of hydrogen-bond acceptors (Lipinski definition) is 6. The molecule has 112 valence electrons. The van der Waals surface area contributed by atoms with Crippen molar-refractivity contribution in [3.63, 3.8) is 0 Å². The van der Waals surface area contributed by atoms with Crippen LogP contribution in [0.5, 0.6) is 0 Å². The van der Waals surface area contributed by atoms with Gasteiger partial charge in [-0.25, -0.2) is 4.98 Å². The molecule has 0 radical (unpaired) electrons. The summed E-state index contributed by atoms with van der Waals surface area (Å²) < 4.78 is 4.92. The average molecular weight is 297 g/mol. The molecule has 0 saturated carbocycles. The van der Waals surface area contributed by atoms with Crippen molar-refractivity contribution in [1.29, 1.82) is 0 Å². The molecule has 0 bridgehead atoms. The quantitative estimate of drug-likeness (QED) is 0.815. The maximum Gasteiger partial charge on any atom is 0.311 e. The van der Waals surface area contributed by atoms with Crippen LogP contribution < -0.4 is 5.32 Å². The minimum atomic E-state index is -0.212. The third kappa shape index (κ3) is 4.45. The number of ether oxygens (including phenoxy) is 1. The van der Waals surface area contributed by atoms with Gasteiger partial charge in [0, 0.05) is 18.0 Å². The van der Waals surface area contributed by atoms with Crippen LogP contribution in [0, 0.1) is 0 Å². The van der Waals surface area contributed by atoms with E-state index in [2.05, 4.69) is 22.2 Å². The molecule has 1 N–H and O–H groups in total. The molecule has 1 aliphatic rings. The van der Waals surface area contributed by atoms with Gasteiger partial charge in [-0.1, -0.05) is 6.42 Å². The Labute approximate surface area is 124 Å². The summed E-state index contributed by atoms with van der Waals surface area (Å²) in [6.07, 6.45) is 4.11. The number of carbonyl (C=O) groups excluding carboxylic acids is 1. The van der Waals surface area contributed by atoms with E-state index in [1.54, 1.807) is 11.3 Å². The second-order valence-electron chi connectivity index (χ2n) is 5.14. The molecule has 0 aliphatic carbocycles. The van der Waals surface area contributed by atoms with Crippen LogP contribution >= 0.6 is 11.3 Å². The zero-order chi connectivity index (χ0) is 14.4. The van der Waals surface area contributed by atoms with Gasteiger partial charge < -0.3 is 15.0 Å². The maximum atomic E-state index is 11.4. The number of hydrogen-bond donors (Lipinski definition) is 1. The number of nitrogens with zero attached hydrogens (tertiary/aromatic N) is 2. The Balaban J connectivity index is 1.79. The smallest absolute Gasteiger partial charge is 0.311 e. The maximum absolute atomic E-state index is 11.4. The van der Waals surface area contributed by atoms with Crippen LogP contribution in [0.25, 0.3) is 0 Å². The molecule has 1 unspecified atom stereocenters. The van der Waals surface area contributed by atoms with E-state index in [1.807, 2.05) is 12.3 Å². The Kier molecular flexibility index (Phi) is 5.79. The Morgan fingerprint density at radius 2 is 2.45 bits per heavy atom. The Morgan fingerprint density at radius 3 is 3.20 bits per heavy atom. The number of aromatic nitrogens is 1. The van der Waals surface area contributed by atoms with Crippen molar-refractivity contribution in [2.75, 3.05) is 32.1 Å². The molecule has 1 atom stereocenters. The third-order valence-electron chi connectivity index (χ3n) is 3.59. The number of thiazole rings is 1. The normalized spacial score (nSPS) is 19.8. The fraction of sp³-hybridized carbons (Fsp3) is 0.714. The van der Waals surface area contributed by atoms with Crippen molar-refractivity contribution in [3.05, 3.63) is 11.1 Å². The number of piperidine rings is 1. The molecule has 1 fully saturated rings. The molecule has 0 amide bonds. The number of likely N-dealkylation sites (N-methyl/N-ethyl adjacent to an activating group) is 1. The Morgan fingerprint density at radius 1 is 1.60 bits per heavy atom. The molecule has 5 nitrogen and oxygen atoms in total. The van der Waals surface area contributed by atoms with Gasteiger partial charge in [0.15, 0.2) is 5.13 Å². The second-order valence-corrected chi connectivity index (χ2v) is 6.00. The van der Waals surface area contributed by atoms with E-state index in [0.717, 1.165) is 17.4 Å². The van der Waals surface area contributed by atoms with E-state index in [9.17, 15) is 4.79 Å². The van der Waals surface area contributed by atoms with Crippen molar-refractivity contribution in [2.45, 2.75) is 38.6 Å². The van der Waals surface area contributed by atoms with E-state index in [-0.39, 0.29) is 12.4 Å². The first-order valence-electron chi connectivity index (χ1n) is 7.23. The summed E-state index contributed by atoms with van der Waals surface area (Å²) in [6, 6.07) is 0.584. The summed E-state index contributed by atoms with van der Waals surface area (Å²) in [5, 5.41) is 6.20. The highest BCUT2D eigenvalue weighted by molar-refractivity contribution is 7.13. The predicted octanol–water partition coefficient (Wildman–Crippen LogP) is 2.14. The van der Waals surface area contributed by atoms with E-state index >= 15 is 0 Å². The van der Waals surface area contributed by atoms with Gasteiger partial charge in [-0.3, -0.25) is 4.79 Å². The van der Waals surface area contributed by atoms with Gasteiger partial charge >= 0.3 is 5.97 Å². The van der Waals surface area contributed by atoms with Crippen molar-refractivity contribution in [1.82, 2.24) is 9.88 Å². The highest BCUT2D eigenvalue weighted by Gasteiger charge is 2.18. The van der Waals surface area contributed by atoms with Crippen LogP contribution in [-0.4, -0.2) is 48.6 Å². The SMILES string of the molecule is CCOC(=O)Cc1csc(NCC2CCCCN2C)n1. The lowest BCUT2D eigenvalue weighted by Crippen LogP contribution is -2.40. The molecule has 6 heteroatoms. The molecule has 1 aromatic heterocycles. The lowest BCUT2D eigenvalue weighted by Gasteiger charge is -2.32. The fourth-order valence-corrected chi connectivity index (χ4v) is 3.16. The fourth-order valence-electron chi connectivity index (χ4n) is 2.44. The molecule has 0 aromatic carbocycles. The molecule has 1 aliphatic heterocycles. The van der Waals surface area contributed by atoms with Crippen LogP contribution in [-0.2, 0) is 16.0 Å². The van der Waals surface area contributed by atoms with Crippen molar-refractivity contribution >= 4 is 22.4 Å². The van der Waals surface area contributed by atoms with Gasteiger partial charge in [0.2, 0.25) is 0 Å². The van der Waals surface area contributed by atoms with Gasteiger partial charge in [-0.15, -0.1) is 11.3 Å². The minimum Gasteiger partial charge on any atom is -0.466 e. The number of rotatable bonds is 6. The highest BCUT2D eigenvalue weighted by Crippen LogP contribution is 2.19. The zero-order valence-corrected chi connectivity index (χ0v) is 13.0. The van der Waals surface area contributed by atoms with Crippen LogP contribution in [0.3, 0.4) is 0 Å². The summed E-state index contributed by atoms with van der Waals surface area (Å²) >= 11 is 1.55. The summed E-state index contributed by atoms with van der Waals surface area (Å²) in [4.78, 5) is 18.2. The first-order valence-corrected chi connectivity index (χ1v) is 8.11. The van der Waals surface area contributed by atoms with Crippen LogP contribution in [0.2, 0.25) is 0 Å². The highest BCUT2D eigenvalue weighted by atomic mass is 32.1. The largest absolute Gasteiger partial charge is 0.466 e. The molecule has 1 aromatic rings. The van der Waals surface area contributed by atoms with Crippen molar-refractivity contribution in [3.8, 4) is 0 Å². The first-order chi connectivity index (χ1) is 9.69. The van der Waals surface area contributed by atoms with Crippen LogP contribution in [0.1, 0.15) is 31.9 Å². The molecular formula is C14H23N3O2S. The van der Waals surface area contributed by atoms with E-state index < -0.39 is 0 Å². The Hall–Kier alpha value is -1.14.